The van der Waals surface area contributed by atoms with E-state index in [1.165, 1.54) is 0 Å². The molecule has 0 saturated heterocycles. The van der Waals surface area contributed by atoms with Crippen LogP contribution in [0.15, 0.2) is 64.8 Å². The fourth-order valence-electron chi connectivity index (χ4n) is 2.24. The molecule has 0 aromatic heterocycles. The topological polar surface area (TPSA) is 71.0 Å². The van der Waals surface area contributed by atoms with E-state index < -0.39 is 0 Å². The molecule has 0 aliphatic rings. The first kappa shape index (κ1) is 13.1. The third-order valence-electron chi connectivity index (χ3n) is 3.36. The van der Waals surface area contributed by atoms with E-state index in [9.17, 15) is 5.11 Å². The number of fused-ring (bicyclic) bond motifs is 1. The maximum absolute atomic E-state index is 10.0. The van der Waals surface area contributed by atoms with Crippen LogP contribution < -0.4 is 5.73 Å². The highest BCUT2D eigenvalue weighted by molar-refractivity contribution is 5.95. The molecule has 0 saturated carbocycles. The first-order valence-corrected chi connectivity index (χ1v) is 6.64. The highest BCUT2D eigenvalue weighted by atomic mass is 16.3. The zero-order valence-electron chi connectivity index (χ0n) is 11.6. The molecule has 4 heteroatoms. The van der Waals surface area contributed by atoms with Gasteiger partial charge in [0.25, 0.3) is 0 Å². The predicted molar refractivity (Wildman–Crippen MR) is 85.4 cm³/mol. The minimum atomic E-state index is 0.116. The summed E-state index contributed by atoms with van der Waals surface area (Å²) in [5.41, 5.74) is 8.57. The minimum absolute atomic E-state index is 0.116. The van der Waals surface area contributed by atoms with Crippen molar-refractivity contribution < 1.29 is 5.11 Å². The normalized spacial score (nSPS) is 11.3. The van der Waals surface area contributed by atoms with Crippen molar-refractivity contribution in [2.45, 2.75) is 6.92 Å². The van der Waals surface area contributed by atoms with Crippen molar-refractivity contribution in [3.63, 3.8) is 0 Å². The lowest BCUT2D eigenvalue weighted by Crippen LogP contribution is -1.84. The van der Waals surface area contributed by atoms with Gasteiger partial charge in [0.05, 0.1) is 5.69 Å². The Hall–Kier alpha value is -2.88. The molecule has 0 aliphatic heterocycles. The molecule has 0 atom stereocenters. The molecule has 3 aromatic carbocycles. The van der Waals surface area contributed by atoms with Gasteiger partial charge in [0.1, 0.15) is 11.4 Å². The third-order valence-corrected chi connectivity index (χ3v) is 3.36. The number of azo groups is 1. The lowest BCUT2D eigenvalue weighted by molar-refractivity contribution is 0.477. The Morgan fingerprint density at radius 1 is 0.952 bits per heavy atom. The Balaban J connectivity index is 2.09. The van der Waals surface area contributed by atoms with Gasteiger partial charge < -0.3 is 10.8 Å². The molecule has 0 bridgehead atoms. The second kappa shape index (κ2) is 5.25. The van der Waals surface area contributed by atoms with Crippen molar-refractivity contribution in [1.29, 1.82) is 0 Å². The van der Waals surface area contributed by atoms with Crippen LogP contribution in [0.5, 0.6) is 5.75 Å². The van der Waals surface area contributed by atoms with E-state index >= 15 is 0 Å². The molecular formula is C17H15N3O. The van der Waals surface area contributed by atoms with Crippen molar-refractivity contribution in [3.05, 3.63) is 60.2 Å². The van der Waals surface area contributed by atoms with Gasteiger partial charge in [-0.05, 0) is 42.1 Å². The summed E-state index contributed by atoms with van der Waals surface area (Å²) in [7, 11) is 0. The zero-order chi connectivity index (χ0) is 14.8. The molecule has 0 amide bonds. The summed E-state index contributed by atoms with van der Waals surface area (Å²) in [5.74, 6) is 0.116. The second-order valence-electron chi connectivity index (χ2n) is 4.90. The largest absolute Gasteiger partial charge is 0.506 e. The summed E-state index contributed by atoms with van der Waals surface area (Å²) < 4.78 is 0. The van der Waals surface area contributed by atoms with Gasteiger partial charge in [0, 0.05) is 11.1 Å². The number of phenols is 1. The molecule has 3 aromatic rings. The van der Waals surface area contributed by atoms with E-state index in [4.69, 9.17) is 5.73 Å². The maximum Gasteiger partial charge on any atom is 0.143 e. The fourth-order valence-corrected chi connectivity index (χ4v) is 2.24. The first-order chi connectivity index (χ1) is 10.1. The van der Waals surface area contributed by atoms with Gasteiger partial charge in [-0.15, -0.1) is 5.11 Å². The molecule has 4 nitrogen and oxygen atoms in total. The van der Waals surface area contributed by atoms with Crippen molar-refractivity contribution >= 4 is 27.8 Å². The molecule has 0 unspecified atom stereocenters. The van der Waals surface area contributed by atoms with Crippen LogP contribution in [-0.2, 0) is 0 Å². The molecule has 3 rings (SSSR count). The maximum atomic E-state index is 10.0. The Morgan fingerprint density at radius 2 is 1.76 bits per heavy atom. The summed E-state index contributed by atoms with van der Waals surface area (Å²) in [5, 5.41) is 20.4. The van der Waals surface area contributed by atoms with E-state index in [0.29, 0.717) is 11.4 Å². The van der Waals surface area contributed by atoms with E-state index in [2.05, 4.69) is 10.2 Å². The van der Waals surface area contributed by atoms with Crippen molar-refractivity contribution in [1.82, 2.24) is 0 Å². The molecule has 0 heterocycles. The number of nitrogen functional groups attached to an aromatic ring is 1. The molecule has 3 N–H and O–H groups in total. The average molecular weight is 277 g/mol. The fraction of sp³-hybridized carbons (Fsp3) is 0.0588. The smallest absolute Gasteiger partial charge is 0.143 e. The zero-order valence-corrected chi connectivity index (χ0v) is 11.6. The van der Waals surface area contributed by atoms with Crippen LogP contribution in [0.25, 0.3) is 10.8 Å². The Morgan fingerprint density at radius 3 is 2.57 bits per heavy atom. The summed E-state index contributed by atoms with van der Waals surface area (Å²) in [6.07, 6.45) is 0. The summed E-state index contributed by atoms with van der Waals surface area (Å²) in [4.78, 5) is 0. The van der Waals surface area contributed by atoms with E-state index in [-0.39, 0.29) is 5.75 Å². The average Bonchev–Trinajstić information content (AvgIpc) is 2.48. The molecule has 0 radical (unpaired) electrons. The first-order valence-electron chi connectivity index (χ1n) is 6.64. The summed E-state index contributed by atoms with van der Waals surface area (Å²) in [6.45, 7) is 1.92. The SMILES string of the molecule is Cc1cc(N)ccc1N=Nc1c(O)ccc2ccccc12. The lowest BCUT2D eigenvalue weighted by Gasteiger charge is -2.04. The number of benzene rings is 3. The monoisotopic (exact) mass is 277 g/mol. The number of hydrogen-bond donors (Lipinski definition) is 2. The molecule has 104 valence electrons. The number of aryl methyl sites for hydroxylation is 1. The molecule has 0 fully saturated rings. The van der Waals surface area contributed by atoms with Gasteiger partial charge in [-0.2, -0.15) is 5.11 Å². The highest BCUT2D eigenvalue weighted by Crippen LogP contribution is 2.36. The number of phenolic OH excluding ortho intramolecular Hbond substituents is 1. The Labute approximate surface area is 122 Å². The highest BCUT2D eigenvalue weighted by Gasteiger charge is 2.06. The number of rotatable bonds is 2. The number of anilines is 1. The Bertz CT molecular complexity index is 841. The summed E-state index contributed by atoms with van der Waals surface area (Å²) in [6, 6.07) is 16.7. The predicted octanol–water partition coefficient (Wildman–Crippen LogP) is 4.85. The van der Waals surface area contributed by atoms with E-state index in [0.717, 1.165) is 22.0 Å². The van der Waals surface area contributed by atoms with Gasteiger partial charge in [0.2, 0.25) is 0 Å². The van der Waals surface area contributed by atoms with Crippen molar-refractivity contribution in [2.75, 3.05) is 5.73 Å². The molecule has 0 aliphatic carbocycles. The van der Waals surface area contributed by atoms with E-state index in [1.54, 1.807) is 12.1 Å². The van der Waals surface area contributed by atoms with Gasteiger partial charge >= 0.3 is 0 Å². The minimum Gasteiger partial charge on any atom is -0.506 e. The second-order valence-corrected chi connectivity index (χ2v) is 4.90. The number of aromatic hydroxyl groups is 1. The van der Waals surface area contributed by atoms with Crippen LogP contribution >= 0.6 is 0 Å². The number of nitrogens with two attached hydrogens (primary N) is 1. The van der Waals surface area contributed by atoms with E-state index in [1.807, 2.05) is 49.4 Å². The number of hydrogen-bond acceptors (Lipinski definition) is 4. The van der Waals surface area contributed by atoms with Crippen LogP contribution in [0.4, 0.5) is 17.1 Å². The van der Waals surface area contributed by atoms with Crippen LogP contribution in [0, 0.1) is 6.92 Å². The quantitative estimate of drug-likeness (QED) is 0.519. The van der Waals surface area contributed by atoms with Crippen LogP contribution in [-0.4, -0.2) is 5.11 Å². The standard InChI is InChI=1S/C17H15N3O/c1-11-10-13(18)7-8-15(11)19-20-17-14-5-3-2-4-12(14)6-9-16(17)21/h2-10,21H,18H2,1H3. The van der Waals surface area contributed by atoms with Crippen LogP contribution in [0.1, 0.15) is 5.56 Å². The van der Waals surface area contributed by atoms with Crippen molar-refractivity contribution in [2.24, 2.45) is 10.2 Å². The Kier molecular flexibility index (Phi) is 3.28. The van der Waals surface area contributed by atoms with Gasteiger partial charge in [0.15, 0.2) is 0 Å². The van der Waals surface area contributed by atoms with Crippen molar-refractivity contribution in [3.8, 4) is 5.75 Å². The van der Waals surface area contributed by atoms with Gasteiger partial charge in [-0.25, -0.2) is 0 Å². The molecule has 21 heavy (non-hydrogen) atoms. The third kappa shape index (κ3) is 2.56. The molecule has 0 spiro atoms. The number of nitrogens with zero attached hydrogens (tertiary/aromatic N) is 2. The van der Waals surface area contributed by atoms with Crippen LogP contribution in [0.2, 0.25) is 0 Å². The van der Waals surface area contributed by atoms with Gasteiger partial charge in [-0.3, -0.25) is 0 Å². The summed E-state index contributed by atoms with van der Waals surface area (Å²) >= 11 is 0. The van der Waals surface area contributed by atoms with Crippen LogP contribution in [0.3, 0.4) is 0 Å². The van der Waals surface area contributed by atoms with Gasteiger partial charge in [-0.1, -0.05) is 30.3 Å². The molecular weight excluding hydrogens is 262 g/mol. The lowest BCUT2D eigenvalue weighted by atomic mass is 10.1.